The Kier molecular flexibility index (Phi) is 6.17. The predicted octanol–water partition coefficient (Wildman–Crippen LogP) is 2.40. The Labute approximate surface area is 148 Å². The molecular weight excluding hydrogens is 340 g/mol. The minimum Gasteiger partial charge on any atom is -0.497 e. The summed E-state index contributed by atoms with van der Waals surface area (Å²) in [6.45, 7) is 1.80. The molecule has 0 heterocycles. The van der Waals surface area contributed by atoms with Gasteiger partial charge in [-0.1, -0.05) is 30.3 Å². The zero-order valence-electron chi connectivity index (χ0n) is 14.5. The zero-order valence-corrected chi connectivity index (χ0v) is 15.3. The van der Waals surface area contributed by atoms with Gasteiger partial charge in [-0.2, -0.15) is 4.31 Å². The Morgan fingerprint density at radius 3 is 2.52 bits per heavy atom. The van der Waals surface area contributed by atoms with Crippen molar-refractivity contribution >= 4 is 21.6 Å². The van der Waals surface area contributed by atoms with Crippen LogP contribution in [-0.2, 0) is 21.4 Å². The van der Waals surface area contributed by atoms with Crippen molar-refractivity contribution in [2.75, 3.05) is 25.2 Å². The zero-order chi connectivity index (χ0) is 18.4. The minimum atomic E-state index is -3.53. The number of hydrogen-bond acceptors (Lipinski definition) is 4. The van der Waals surface area contributed by atoms with Crippen molar-refractivity contribution in [2.24, 2.45) is 0 Å². The Hall–Kier alpha value is -2.38. The third kappa shape index (κ3) is 5.58. The minimum absolute atomic E-state index is 0.150. The summed E-state index contributed by atoms with van der Waals surface area (Å²) in [5.74, 6) is 0.199. The van der Waals surface area contributed by atoms with Crippen LogP contribution in [0.5, 0.6) is 5.75 Å². The molecule has 1 N–H and O–H groups in total. The van der Waals surface area contributed by atoms with Crippen LogP contribution in [-0.4, -0.2) is 38.5 Å². The van der Waals surface area contributed by atoms with Crippen LogP contribution in [0.15, 0.2) is 48.5 Å². The summed E-state index contributed by atoms with van der Waals surface area (Å²) < 4.78 is 30.4. The van der Waals surface area contributed by atoms with Gasteiger partial charge < -0.3 is 10.1 Å². The van der Waals surface area contributed by atoms with Crippen molar-refractivity contribution < 1.29 is 17.9 Å². The number of carbonyl (C=O) groups excluding carboxylic acids is 1. The number of nitrogens with one attached hydrogen (secondary N) is 1. The summed E-state index contributed by atoms with van der Waals surface area (Å²) in [5.41, 5.74) is 2.39. The lowest BCUT2D eigenvalue weighted by Crippen LogP contribution is -2.37. The van der Waals surface area contributed by atoms with Crippen LogP contribution >= 0.6 is 0 Å². The molecule has 0 unspecified atom stereocenters. The molecule has 0 radical (unpaired) electrons. The van der Waals surface area contributed by atoms with Crippen LogP contribution in [0.3, 0.4) is 0 Å². The van der Waals surface area contributed by atoms with Gasteiger partial charge in [0, 0.05) is 18.3 Å². The summed E-state index contributed by atoms with van der Waals surface area (Å²) >= 11 is 0. The van der Waals surface area contributed by atoms with Gasteiger partial charge in [-0.15, -0.1) is 0 Å². The van der Waals surface area contributed by atoms with Crippen LogP contribution in [0.2, 0.25) is 0 Å². The monoisotopic (exact) mass is 362 g/mol. The van der Waals surface area contributed by atoms with Gasteiger partial charge in [0.15, 0.2) is 0 Å². The van der Waals surface area contributed by atoms with Crippen LogP contribution in [0, 0.1) is 6.92 Å². The molecule has 25 heavy (non-hydrogen) atoms. The summed E-state index contributed by atoms with van der Waals surface area (Å²) in [6.07, 6.45) is 1.10. The van der Waals surface area contributed by atoms with Crippen molar-refractivity contribution in [3.63, 3.8) is 0 Å². The molecule has 0 spiro atoms. The van der Waals surface area contributed by atoms with Gasteiger partial charge in [-0.3, -0.25) is 4.79 Å². The van der Waals surface area contributed by atoms with Crippen LogP contribution in [0.1, 0.15) is 11.1 Å². The molecule has 0 saturated heterocycles. The fraction of sp³-hybridized carbons (Fsp3) is 0.278. The molecular formula is C18H22N2O4S. The van der Waals surface area contributed by atoms with E-state index in [2.05, 4.69) is 5.32 Å². The topological polar surface area (TPSA) is 75.7 Å². The van der Waals surface area contributed by atoms with Gasteiger partial charge in [-0.05, 0) is 30.2 Å². The Balaban J connectivity index is 2.11. The maximum atomic E-state index is 12.3. The molecule has 1 amide bonds. The predicted molar refractivity (Wildman–Crippen MR) is 98.1 cm³/mol. The first-order chi connectivity index (χ1) is 11.8. The van der Waals surface area contributed by atoms with E-state index in [1.165, 1.54) is 7.11 Å². The number of aryl methyl sites for hydroxylation is 1. The number of sulfonamides is 1. The number of ether oxygens (including phenoxy) is 1. The molecule has 2 aromatic rings. The first-order valence-corrected chi connectivity index (χ1v) is 9.58. The Bertz CT molecular complexity index is 850. The molecule has 0 aliphatic heterocycles. The van der Waals surface area contributed by atoms with Gasteiger partial charge in [0.1, 0.15) is 5.75 Å². The number of amides is 1. The van der Waals surface area contributed by atoms with E-state index in [0.29, 0.717) is 11.4 Å². The van der Waals surface area contributed by atoms with Crippen LogP contribution < -0.4 is 10.1 Å². The van der Waals surface area contributed by atoms with Gasteiger partial charge >= 0.3 is 0 Å². The molecule has 0 fully saturated rings. The lowest BCUT2D eigenvalue weighted by molar-refractivity contribution is -0.116. The molecule has 2 aromatic carbocycles. The van der Waals surface area contributed by atoms with Gasteiger partial charge in [0.05, 0.1) is 19.9 Å². The Morgan fingerprint density at radius 2 is 1.88 bits per heavy atom. The lowest BCUT2D eigenvalue weighted by atomic mass is 10.1. The molecule has 7 heteroatoms. The fourth-order valence-electron chi connectivity index (χ4n) is 2.33. The normalized spacial score (nSPS) is 11.4. The highest BCUT2D eigenvalue weighted by Crippen LogP contribution is 2.17. The van der Waals surface area contributed by atoms with Gasteiger partial charge in [-0.25, -0.2) is 8.42 Å². The first-order valence-electron chi connectivity index (χ1n) is 7.73. The van der Waals surface area contributed by atoms with E-state index in [-0.39, 0.29) is 13.1 Å². The quantitative estimate of drug-likeness (QED) is 0.821. The molecule has 0 aliphatic carbocycles. The maximum absolute atomic E-state index is 12.3. The van der Waals surface area contributed by atoms with Gasteiger partial charge in [0.25, 0.3) is 0 Å². The largest absolute Gasteiger partial charge is 0.497 e. The standard InChI is InChI=1S/C18H22N2O4S/c1-14-7-4-5-8-15(14)12-20(25(3,22)23)13-18(21)19-16-9-6-10-17(11-16)24-2/h4-11H,12-13H2,1-3H3,(H,19,21). The number of nitrogens with zero attached hydrogens (tertiary/aromatic N) is 1. The third-order valence-electron chi connectivity index (χ3n) is 3.75. The average Bonchev–Trinajstić information content (AvgIpc) is 2.55. The Morgan fingerprint density at radius 1 is 1.16 bits per heavy atom. The molecule has 0 aliphatic rings. The number of rotatable bonds is 7. The maximum Gasteiger partial charge on any atom is 0.239 e. The van der Waals surface area contributed by atoms with E-state index in [4.69, 9.17) is 4.74 Å². The lowest BCUT2D eigenvalue weighted by Gasteiger charge is -2.20. The molecule has 2 rings (SSSR count). The van der Waals surface area contributed by atoms with Gasteiger partial charge in [0.2, 0.25) is 15.9 Å². The molecule has 0 bridgehead atoms. The molecule has 6 nitrogen and oxygen atoms in total. The van der Waals surface area contributed by atoms with E-state index in [0.717, 1.165) is 21.7 Å². The summed E-state index contributed by atoms with van der Waals surface area (Å²) in [6, 6.07) is 14.4. The second kappa shape index (κ2) is 8.13. The molecule has 134 valence electrons. The SMILES string of the molecule is COc1cccc(NC(=O)CN(Cc2ccccc2C)S(C)(=O)=O)c1. The van der Waals surface area contributed by atoms with E-state index in [1.54, 1.807) is 24.3 Å². The summed E-state index contributed by atoms with van der Waals surface area (Å²) in [5, 5.41) is 2.69. The van der Waals surface area contributed by atoms with E-state index >= 15 is 0 Å². The molecule has 0 saturated carbocycles. The fourth-order valence-corrected chi connectivity index (χ4v) is 3.05. The van der Waals surface area contributed by atoms with Crippen LogP contribution in [0.4, 0.5) is 5.69 Å². The number of anilines is 1. The highest BCUT2D eigenvalue weighted by atomic mass is 32.2. The number of benzene rings is 2. The number of carbonyl (C=O) groups is 1. The highest BCUT2D eigenvalue weighted by Gasteiger charge is 2.21. The highest BCUT2D eigenvalue weighted by molar-refractivity contribution is 7.88. The van der Waals surface area contributed by atoms with Crippen molar-refractivity contribution in [1.82, 2.24) is 4.31 Å². The van der Waals surface area contributed by atoms with Crippen molar-refractivity contribution in [1.29, 1.82) is 0 Å². The number of hydrogen-bond donors (Lipinski definition) is 1. The second-order valence-corrected chi connectivity index (χ2v) is 7.72. The summed E-state index contributed by atoms with van der Waals surface area (Å²) in [4.78, 5) is 12.3. The third-order valence-corrected chi connectivity index (χ3v) is 4.95. The van der Waals surface area contributed by atoms with E-state index in [1.807, 2.05) is 31.2 Å². The van der Waals surface area contributed by atoms with Crippen LogP contribution in [0.25, 0.3) is 0 Å². The van der Waals surface area contributed by atoms with Crippen molar-refractivity contribution in [3.05, 3.63) is 59.7 Å². The molecule has 0 atom stereocenters. The first kappa shape index (κ1) is 19.0. The second-order valence-electron chi connectivity index (χ2n) is 5.74. The van der Waals surface area contributed by atoms with Crippen molar-refractivity contribution in [2.45, 2.75) is 13.5 Å². The van der Waals surface area contributed by atoms with E-state index in [9.17, 15) is 13.2 Å². The summed E-state index contributed by atoms with van der Waals surface area (Å²) in [7, 11) is -2.00. The average molecular weight is 362 g/mol. The molecule has 0 aromatic heterocycles. The number of methoxy groups -OCH3 is 1. The van der Waals surface area contributed by atoms with E-state index < -0.39 is 15.9 Å². The smallest absolute Gasteiger partial charge is 0.239 e. The van der Waals surface area contributed by atoms with Crippen molar-refractivity contribution in [3.8, 4) is 5.75 Å².